The standard InChI is InChI=1S/C13H13BrO4/c1-16-10-4-3-8(7-11(10)17-2)12(15)9-5-6-18-13(9)14/h3-7,12,15H,1-2H3. The van der Waals surface area contributed by atoms with Crippen molar-refractivity contribution < 1.29 is 19.0 Å². The monoisotopic (exact) mass is 312 g/mol. The Morgan fingerprint density at radius 2 is 1.89 bits per heavy atom. The van der Waals surface area contributed by atoms with Crippen molar-refractivity contribution in [1.82, 2.24) is 0 Å². The number of hydrogen-bond donors (Lipinski definition) is 1. The third-order valence-electron chi connectivity index (χ3n) is 2.66. The molecule has 5 heteroatoms. The second-order valence-corrected chi connectivity index (χ2v) is 4.39. The van der Waals surface area contributed by atoms with Crippen molar-refractivity contribution >= 4 is 15.9 Å². The molecule has 0 aliphatic carbocycles. The van der Waals surface area contributed by atoms with Gasteiger partial charge in [-0.05, 0) is 39.7 Å². The van der Waals surface area contributed by atoms with Crippen molar-refractivity contribution in [2.75, 3.05) is 14.2 Å². The number of halogens is 1. The van der Waals surface area contributed by atoms with E-state index in [-0.39, 0.29) is 0 Å². The molecule has 0 fully saturated rings. The van der Waals surface area contributed by atoms with Crippen LogP contribution < -0.4 is 9.47 Å². The second kappa shape index (κ2) is 5.46. The lowest BCUT2D eigenvalue weighted by atomic mass is 10.0. The van der Waals surface area contributed by atoms with Gasteiger partial charge in [0.05, 0.1) is 20.5 Å². The van der Waals surface area contributed by atoms with Crippen LogP contribution in [0.1, 0.15) is 17.2 Å². The Kier molecular flexibility index (Phi) is 3.93. The molecule has 0 bridgehead atoms. The molecule has 0 aliphatic heterocycles. The van der Waals surface area contributed by atoms with Gasteiger partial charge < -0.3 is 19.0 Å². The van der Waals surface area contributed by atoms with Crippen LogP contribution in [0.25, 0.3) is 0 Å². The highest BCUT2D eigenvalue weighted by Gasteiger charge is 2.17. The van der Waals surface area contributed by atoms with E-state index < -0.39 is 6.10 Å². The molecule has 2 rings (SSSR count). The number of rotatable bonds is 4. The average Bonchev–Trinajstić information content (AvgIpc) is 2.83. The van der Waals surface area contributed by atoms with E-state index in [9.17, 15) is 5.11 Å². The zero-order valence-corrected chi connectivity index (χ0v) is 11.6. The minimum Gasteiger partial charge on any atom is -0.493 e. The van der Waals surface area contributed by atoms with Crippen molar-refractivity contribution in [2.45, 2.75) is 6.10 Å². The van der Waals surface area contributed by atoms with Crippen LogP contribution in [-0.2, 0) is 0 Å². The zero-order valence-electron chi connectivity index (χ0n) is 10.0. The quantitative estimate of drug-likeness (QED) is 0.942. The van der Waals surface area contributed by atoms with Gasteiger partial charge in [0.25, 0.3) is 0 Å². The SMILES string of the molecule is COc1ccc(C(O)c2ccoc2Br)cc1OC. The highest BCUT2D eigenvalue weighted by Crippen LogP contribution is 2.34. The maximum Gasteiger partial charge on any atom is 0.175 e. The van der Waals surface area contributed by atoms with Crippen LogP contribution in [-0.4, -0.2) is 19.3 Å². The predicted molar refractivity (Wildman–Crippen MR) is 70.0 cm³/mol. The van der Waals surface area contributed by atoms with E-state index in [1.165, 1.54) is 6.26 Å². The first kappa shape index (κ1) is 13.0. The molecule has 18 heavy (non-hydrogen) atoms. The highest BCUT2D eigenvalue weighted by molar-refractivity contribution is 9.10. The third-order valence-corrected chi connectivity index (χ3v) is 3.31. The molecule has 0 saturated heterocycles. The second-order valence-electron chi connectivity index (χ2n) is 3.67. The van der Waals surface area contributed by atoms with Crippen molar-refractivity contribution in [3.63, 3.8) is 0 Å². The van der Waals surface area contributed by atoms with E-state index in [2.05, 4.69) is 15.9 Å². The summed E-state index contributed by atoms with van der Waals surface area (Å²) in [5, 5.41) is 10.3. The molecule has 1 atom stereocenters. The van der Waals surface area contributed by atoms with E-state index in [1.807, 2.05) is 0 Å². The molecule has 1 heterocycles. The van der Waals surface area contributed by atoms with Crippen LogP contribution in [0.2, 0.25) is 0 Å². The van der Waals surface area contributed by atoms with E-state index >= 15 is 0 Å². The van der Waals surface area contributed by atoms with E-state index in [0.717, 1.165) is 0 Å². The number of furan rings is 1. The van der Waals surface area contributed by atoms with Crippen LogP contribution in [0.3, 0.4) is 0 Å². The van der Waals surface area contributed by atoms with Crippen molar-refractivity contribution in [2.24, 2.45) is 0 Å². The number of aliphatic hydroxyl groups is 1. The number of hydrogen-bond acceptors (Lipinski definition) is 4. The van der Waals surface area contributed by atoms with Gasteiger partial charge in [0.1, 0.15) is 6.10 Å². The van der Waals surface area contributed by atoms with Gasteiger partial charge in [-0.25, -0.2) is 0 Å². The fourth-order valence-corrected chi connectivity index (χ4v) is 2.16. The minimum absolute atomic E-state index is 0.518. The summed E-state index contributed by atoms with van der Waals surface area (Å²) in [5.74, 6) is 1.20. The van der Waals surface area contributed by atoms with Crippen LogP contribution in [0.5, 0.6) is 11.5 Å². The summed E-state index contributed by atoms with van der Waals surface area (Å²) in [6.45, 7) is 0. The largest absolute Gasteiger partial charge is 0.493 e. The van der Waals surface area contributed by atoms with E-state index in [0.29, 0.717) is 27.3 Å². The Labute approximate surface area is 113 Å². The normalized spacial score (nSPS) is 12.2. The number of aliphatic hydroxyl groups excluding tert-OH is 1. The van der Waals surface area contributed by atoms with E-state index in [4.69, 9.17) is 13.9 Å². The van der Waals surface area contributed by atoms with E-state index in [1.54, 1.807) is 38.5 Å². The summed E-state index contributed by atoms with van der Waals surface area (Å²) >= 11 is 3.25. The number of methoxy groups -OCH3 is 2. The van der Waals surface area contributed by atoms with Gasteiger partial charge in [-0.15, -0.1) is 0 Å². The summed E-state index contributed by atoms with van der Waals surface area (Å²) in [4.78, 5) is 0. The van der Waals surface area contributed by atoms with Crippen molar-refractivity contribution in [3.8, 4) is 11.5 Å². The smallest absolute Gasteiger partial charge is 0.175 e. The molecule has 0 aliphatic rings. The first-order chi connectivity index (χ1) is 8.67. The Hall–Kier alpha value is -1.46. The molecular weight excluding hydrogens is 300 g/mol. The fraction of sp³-hybridized carbons (Fsp3) is 0.231. The third kappa shape index (κ3) is 2.37. The molecule has 1 N–H and O–H groups in total. The zero-order chi connectivity index (χ0) is 13.1. The van der Waals surface area contributed by atoms with Gasteiger partial charge in [0.2, 0.25) is 0 Å². The Morgan fingerprint density at radius 3 is 2.44 bits per heavy atom. The van der Waals surface area contributed by atoms with Crippen molar-refractivity contribution in [3.05, 3.63) is 46.3 Å². The van der Waals surface area contributed by atoms with Gasteiger partial charge in [0.15, 0.2) is 16.2 Å². The maximum atomic E-state index is 10.3. The molecule has 0 saturated carbocycles. The van der Waals surface area contributed by atoms with Crippen molar-refractivity contribution in [1.29, 1.82) is 0 Å². The molecular formula is C13H13BrO4. The van der Waals surface area contributed by atoms with Crippen LogP contribution in [0, 0.1) is 0 Å². The molecule has 4 nitrogen and oxygen atoms in total. The summed E-state index contributed by atoms with van der Waals surface area (Å²) < 4.78 is 16.0. The van der Waals surface area contributed by atoms with Gasteiger partial charge in [0, 0.05) is 5.56 Å². The molecule has 0 radical (unpaired) electrons. The summed E-state index contributed by atoms with van der Waals surface area (Å²) in [7, 11) is 3.13. The Morgan fingerprint density at radius 1 is 1.17 bits per heavy atom. The van der Waals surface area contributed by atoms with Crippen LogP contribution in [0.4, 0.5) is 0 Å². The molecule has 1 unspecified atom stereocenters. The lowest BCUT2D eigenvalue weighted by Crippen LogP contribution is -2.00. The molecule has 1 aromatic carbocycles. The summed E-state index contributed by atoms with van der Waals surface area (Å²) in [5.41, 5.74) is 1.37. The first-order valence-electron chi connectivity index (χ1n) is 5.30. The molecule has 0 amide bonds. The Balaban J connectivity index is 2.37. The summed E-state index contributed by atoms with van der Waals surface area (Å²) in [6.07, 6.45) is 0.738. The molecule has 2 aromatic rings. The number of benzene rings is 1. The molecule has 96 valence electrons. The fourth-order valence-electron chi connectivity index (χ4n) is 1.70. The lowest BCUT2D eigenvalue weighted by molar-refractivity contribution is 0.217. The van der Waals surface area contributed by atoms with Gasteiger partial charge in [-0.1, -0.05) is 6.07 Å². The topological polar surface area (TPSA) is 51.8 Å². The average molecular weight is 313 g/mol. The van der Waals surface area contributed by atoms with Gasteiger partial charge in [-0.2, -0.15) is 0 Å². The molecule has 1 aromatic heterocycles. The van der Waals surface area contributed by atoms with Gasteiger partial charge in [-0.3, -0.25) is 0 Å². The first-order valence-corrected chi connectivity index (χ1v) is 6.09. The maximum absolute atomic E-state index is 10.3. The van der Waals surface area contributed by atoms with Crippen LogP contribution >= 0.6 is 15.9 Å². The minimum atomic E-state index is -0.780. The molecule has 0 spiro atoms. The number of ether oxygens (including phenoxy) is 2. The highest BCUT2D eigenvalue weighted by atomic mass is 79.9. The van der Waals surface area contributed by atoms with Gasteiger partial charge >= 0.3 is 0 Å². The summed E-state index contributed by atoms with van der Waals surface area (Å²) in [6, 6.07) is 6.99. The Bertz CT molecular complexity index is 536. The predicted octanol–water partition coefficient (Wildman–Crippen LogP) is 3.14. The van der Waals surface area contributed by atoms with Crippen LogP contribution in [0.15, 0.2) is 39.6 Å². The lowest BCUT2D eigenvalue weighted by Gasteiger charge is -2.13.